The summed E-state index contributed by atoms with van der Waals surface area (Å²) in [5.41, 5.74) is 1.28. The Balaban J connectivity index is 2.74. The molecule has 1 aliphatic rings. The fourth-order valence-corrected chi connectivity index (χ4v) is 3.06. The summed E-state index contributed by atoms with van der Waals surface area (Å²) in [4.78, 5) is 0. The molecule has 1 rings (SSSR count). The Morgan fingerprint density at radius 3 is 2.50 bits per heavy atom. The molecule has 0 spiro atoms. The summed E-state index contributed by atoms with van der Waals surface area (Å²) in [6.07, 6.45) is 7.13. The Bertz CT molecular complexity index is 254. The minimum Gasteiger partial charge on any atom is -0.377 e. The molecule has 106 valence electrons. The van der Waals surface area contributed by atoms with Gasteiger partial charge in [-0.15, -0.1) is 6.58 Å². The van der Waals surface area contributed by atoms with Crippen LogP contribution in [0.5, 0.6) is 0 Å². The van der Waals surface area contributed by atoms with E-state index in [-0.39, 0.29) is 5.60 Å². The summed E-state index contributed by atoms with van der Waals surface area (Å²) in [6, 6.07) is 0.424. The Morgan fingerprint density at radius 2 is 2.06 bits per heavy atom. The summed E-state index contributed by atoms with van der Waals surface area (Å²) in [7, 11) is 1.88. The number of rotatable bonds is 7. The number of hydrogen-bond acceptors (Lipinski definition) is 2. The van der Waals surface area contributed by atoms with Crippen LogP contribution in [0.25, 0.3) is 0 Å². The van der Waals surface area contributed by atoms with Crippen LogP contribution in [0.2, 0.25) is 0 Å². The van der Waals surface area contributed by atoms with E-state index in [2.05, 4.69) is 32.7 Å². The van der Waals surface area contributed by atoms with Crippen molar-refractivity contribution in [2.75, 3.05) is 13.7 Å². The average Bonchev–Trinajstić information content (AvgIpc) is 2.35. The molecule has 0 amide bonds. The van der Waals surface area contributed by atoms with E-state index in [0.717, 1.165) is 18.9 Å². The molecule has 0 saturated heterocycles. The monoisotopic (exact) mass is 253 g/mol. The Kier molecular flexibility index (Phi) is 6.37. The van der Waals surface area contributed by atoms with Crippen molar-refractivity contribution < 1.29 is 4.74 Å². The largest absolute Gasteiger partial charge is 0.377 e. The quantitative estimate of drug-likeness (QED) is 0.694. The molecule has 0 heterocycles. The topological polar surface area (TPSA) is 21.3 Å². The molecule has 0 radical (unpaired) electrons. The highest BCUT2D eigenvalue weighted by molar-refractivity contribution is 5.03. The van der Waals surface area contributed by atoms with Crippen molar-refractivity contribution in [3.8, 4) is 0 Å². The van der Waals surface area contributed by atoms with Crippen LogP contribution in [0.3, 0.4) is 0 Å². The van der Waals surface area contributed by atoms with Crippen molar-refractivity contribution >= 4 is 0 Å². The van der Waals surface area contributed by atoms with Crippen LogP contribution in [0, 0.1) is 5.92 Å². The second-order valence-electron chi connectivity index (χ2n) is 6.12. The van der Waals surface area contributed by atoms with Gasteiger partial charge in [0.25, 0.3) is 0 Å². The predicted molar refractivity (Wildman–Crippen MR) is 78.9 cm³/mol. The fourth-order valence-electron chi connectivity index (χ4n) is 3.06. The van der Waals surface area contributed by atoms with Gasteiger partial charge in [-0.25, -0.2) is 0 Å². The number of ether oxygens (including phenoxy) is 1. The van der Waals surface area contributed by atoms with Gasteiger partial charge >= 0.3 is 0 Å². The second-order valence-corrected chi connectivity index (χ2v) is 6.12. The van der Waals surface area contributed by atoms with Gasteiger partial charge in [0.2, 0.25) is 0 Å². The van der Waals surface area contributed by atoms with Crippen LogP contribution in [0.1, 0.15) is 59.3 Å². The maximum Gasteiger partial charge on any atom is 0.0834 e. The first-order valence-corrected chi connectivity index (χ1v) is 7.47. The second kappa shape index (κ2) is 7.30. The lowest BCUT2D eigenvalue weighted by atomic mass is 9.74. The smallest absolute Gasteiger partial charge is 0.0834 e. The first-order valence-electron chi connectivity index (χ1n) is 7.47. The third-order valence-electron chi connectivity index (χ3n) is 4.36. The van der Waals surface area contributed by atoms with E-state index in [1.54, 1.807) is 0 Å². The summed E-state index contributed by atoms with van der Waals surface area (Å²) in [5.74, 6) is 0.852. The normalized spacial score (nSPS) is 30.1. The fraction of sp³-hybridized carbons (Fsp3) is 0.875. The first-order chi connectivity index (χ1) is 8.54. The minimum atomic E-state index is 0.0284. The molecular formula is C16H31NO. The SMILES string of the molecule is C=C(C)CC(NCCC)C1(OC)CCC(C)CC1. The van der Waals surface area contributed by atoms with E-state index in [9.17, 15) is 0 Å². The molecule has 2 heteroatoms. The van der Waals surface area contributed by atoms with E-state index in [4.69, 9.17) is 4.74 Å². The summed E-state index contributed by atoms with van der Waals surface area (Å²) in [6.45, 7) is 11.8. The molecule has 1 fully saturated rings. The Hall–Kier alpha value is -0.340. The standard InChI is InChI=1S/C16H31NO/c1-6-11-17-15(12-13(2)3)16(18-5)9-7-14(4)8-10-16/h14-15,17H,2,6-12H2,1,3-5H3. The zero-order chi connectivity index (χ0) is 13.6. The lowest BCUT2D eigenvalue weighted by molar-refractivity contribution is -0.0744. The van der Waals surface area contributed by atoms with Crippen LogP contribution in [0.4, 0.5) is 0 Å². The van der Waals surface area contributed by atoms with Gasteiger partial charge in [0.15, 0.2) is 0 Å². The number of hydrogen-bond donors (Lipinski definition) is 1. The summed E-state index contributed by atoms with van der Waals surface area (Å²) in [5, 5.41) is 3.69. The van der Waals surface area contributed by atoms with Crippen LogP contribution in [-0.2, 0) is 4.74 Å². The highest BCUT2D eigenvalue weighted by Crippen LogP contribution is 2.38. The van der Waals surface area contributed by atoms with Crippen molar-refractivity contribution in [1.29, 1.82) is 0 Å². The van der Waals surface area contributed by atoms with E-state index in [1.165, 1.54) is 37.7 Å². The first kappa shape index (κ1) is 15.7. The average molecular weight is 253 g/mol. The molecule has 0 aliphatic heterocycles. The lowest BCUT2D eigenvalue weighted by Gasteiger charge is -2.44. The highest BCUT2D eigenvalue weighted by atomic mass is 16.5. The van der Waals surface area contributed by atoms with Gasteiger partial charge in [0.05, 0.1) is 5.60 Å². The maximum absolute atomic E-state index is 5.98. The third-order valence-corrected chi connectivity index (χ3v) is 4.36. The van der Waals surface area contributed by atoms with Gasteiger partial charge in [-0.05, 0) is 57.9 Å². The third kappa shape index (κ3) is 4.10. The molecule has 1 unspecified atom stereocenters. The van der Waals surface area contributed by atoms with Crippen LogP contribution in [0.15, 0.2) is 12.2 Å². The van der Waals surface area contributed by atoms with E-state index in [1.807, 2.05) is 7.11 Å². The highest BCUT2D eigenvalue weighted by Gasteiger charge is 2.40. The van der Waals surface area contributed by atoms with Gasteiger partial charge in [0.1, 0.15) is 0 Å². The molecule has 2 nitrogen and oxygen atoms in total. The van der Waals surface area contributed by atoms with Gasteiger partial charge in [0, 0.05) is 13.2 Å². The van der Waals surface area contributed by atoms with Crippen molar-refractivity contribution in [3.63, 3.8) is 0 Å². The summed E-state index contributed by atoms with van der Waals surface area (Å²) < 4.78 is 5.98. The number of methoxy groups -OCH3 is 1. The summed E-state index contributed by atoms with van der Waals surface area (Å²) >= 11 is 0. The zero-order valence-corrected chi connectivity index (χ0v) is 12.7. The lowest BCUT2D eigenvalue weighted by Crippen LogP contribution is -2.54. The van der Waals surface area contributed by atoms with Gasteiger partial charge in [-0.3, -0.25) is 0 Å². The predicted octanol–water partition coefficient (Wildman–Crippen LogP) is 3.92. The minimum absolute atomic E-state index is 0.0284. The van der Waals surface area contributed by atoms with Crippen molar-refractivity contribution in [2.45, 2.75) is 70.9 Å². The molecule has 0 aromatic carbocycles. The number of nitrogens with one attached hydrogen (secondary N) is 1. The maximum atomic E-state index is 5.98. The molecule has 1 saturated carbocycles. The Labute approximate surface area is 113 Å². The van der Waals surface area contributed by atoms with Crippen molar-refractivity contribution in [2.24, 2.45) is 5.92 Å². The van der Waals surface area contributed by atoms with E-state index < -0.39 is 0 Å². The van der Waals surface area contributed by atoms with Crippen LogP contribution < -0.4 is 5.32 Å². The molecule has 0 aromatic heterocycles. The Morgan fingerprint density at radius 1 is 1.44 bits per heavy atom. The molecule has 0 aromatic rings. The van der Waals surface area contributed by atoms with Gasteiger partial charge < -0.3 is 10.1 Å². The molecule has 1 atom stereocenters. The molecule has 0 bridgehead atoms. The van der Waals surface area contributed by atoms with Crippen LogP contribution >= 0.6 is 0 Å². The molecule has 1 aliphatic carbocycles. The van der Waals surface area contributed by atoms with Crippen molar-refractivity contribution in [1.82, 2.24) is 5.32 Å². The van der Waals surface area contributed by atoms with Gasteiger partial charge in [-0.1, -0.05) is 19.4 Å². The van der Waals surface area contributed by atoms with E-state index >= 15 is 0 Å². The van der Waals surface area contributed by atoms with E-state index in [0.29, 0.717) is 6.04 Å². The zero-order valence-electron chi connectivity index (χ0n) is 12.7. The molecule has 1 N–H and O–H groups in total. The molecule has 18 heavy (non-hydrogen) atoms. The molecular weight excluding hydrogens is 222 g/mol. The van der Waals surface area contributed by atoms with Crippen molar-refractivity contribution in [3.05, 3.63) is 12.2 Å². The van der Waals surface area contributed by atoms with Gasteiger partial charge in [-0.2, -0.15) is 0 Å². The van der Waals surface area contributed by atoms with Crippen LogP contribution in [-0.4, -0.2) is 25.3 Å².